The minimum atomic E-state index is -0.0954. The summed E-state index contributed by atoms with van der Waals surface area (Å²) < 4.78 is 11.6. The monoisotopic (exact) mass is 412 g/mol. The van der Waals surface area contributed by atoms with E-state index < -0.39 is 0 Å². The molecule has 3 aromatic rings. The Balaban J connectivity index is 1.39. The van der Waals surface area contributed by atoms with Crippen molar-refractivity contribution in [3.8, 4) is 16.9 Å². The Morgan fingerprint density at radius 3 is 2.72 bits per heavy atom. The van der Waals surface area contributed by atoms with Crippen LogP contribution in [0.5, 0.6) is 5.75 Å². The van der Waals surface area contributed by atoms with Gasteiger partial charge in [0, 0.05) is 42.8 Å². The molecule has 0 bridgehead atoms. The molecule has 4 rings (SSSR count). The summed E-state index contributed by atoms with van der Waals surface area (Å²) >= 11 is 6.23. The van der Waals surface area contributed by atoms with Gasteiger partial charge < -0.3 is 19.4 Å². The molecule has 1 aromatic heterocycles. The van der Waals surface area contributed by atoms with E-state index in [9.17, 15) is 4.79 Å². The van der Waals surface area contributed by atoms with Crippen molar-refractivity contribution in [3.05, 3.63) is 64.0 Å². The molecule has 0 unspecified atom stereocenters. The molecule has 0 aliphatic carbocycles. The number of fused-ring (bicyclic) bond motifs is 1. The number of hydrogen-bond acceptors (Lipinski definition) is 5. The summed E-state index contributed by atoms with van der Waals surface area (Å²) in [5.74, 6) is 0.716. The number of unbranched alkanes of at least 4 members (excludes halogenated alkanes) is 1. The maximum atomic E-state index is 12.9. The lowest BCUT2D eigenvalue weighted by Gasteiger charge is -2.26. The summed E-state index contributed by atoms with van der Waals surface area (Å²) in [6.07, 6.45) is 3.59. The van der Waals surface area contributed by atoms with Gasteiger partial charge in [-0.1, -0.05) is 29.8 Å². The van der Waals surface area contributed by atoms with E-state index in [0.717, 1.165) is 45.6 Å². The van der Waals surface area contributed by atoms with Crippen molar-refractivity contribution in [2.75, 3.05) is 39.3 Å². The maximum absolute atomic E-state index is 12.9. The summed E-state index contributed by atoms with van der Waals surface area (Å²) in [5, 5.41) is 4.42. The number of rotatable bonds is 7. The van der Waals surface area contributed by atoms with E-state index in [1.165, 1.54) is 6.26 Å². The molecular formula is C23H25ClN2O3. The molecule has 0 saturated carbocycles. The smallest absolute Gasteiger partial charge is 0.200 e. The fourth-order valence-corrected chi connectivity index (χ4v) is 3.86. The molecule has 1 aliphatic rings. The zero-order valence-electron chi connectivity index (χ0n) is 16.3. The van der Waals surface area contributed by atoms with Crippen molar-refractivity contribution in [1.29, 1.82) is 0 Å². The van der Waals surface area contributed by atoms with Gasteiger partial charge in [0.05, 0.1) is 17.6 Å². The molecule has 5 nitrogen and oxygen atoms in total. The van der Waals surface area contributed by atoms with Gasteiger partial charge in [0.2, 0.25) is 5.43 Å². The van der Waals surface area contributed by atoms with Gasteiger partial charge in [-0.2, -0.15) is 0 Å². The van der Waals surface area contributed by atoms with Gasteiger partial charge in [-0.05, 0) is 37.6 Å². The van der Waals surface area contributed by atoms with E-state index in [1.807, 2.05) is 24.3 Å². The summed E-state index contributed by atoms with van der Waals surface area (Å²) in [7, 11) is 0. The highest BCUT2D eigenvalue weighted by Gasteiger charge is 2.12. The standard InChI is InChI=1S/C23H25ClN2O3/c24-21-6-2-1-5-18(21)20-16-29-22-15-17(7-8-19(22)23(20)27)28-14-4-3-11-26-12-9-25-10-13-26/h1-2,5-8,15-16,25H,3-4,9-14H2. The lowest BCUT2D eigenvalue weighted by molar-refractivity contribution is 0.226. The Labute approximate surface area is 175 Å². The van der Waals surface area contributed by atoms with Crippen LogP contribution in [0.15, 0.2) is 57.9 Å². The molecule has 152 valence electrons. The molecule has 29 heavy (non-hydrogen) atoms. The van der Waals surface area contributed by atoms with Crippen LogP contribution in [0.2, 0.25) is 5.02 Å². The largest absolute Gasteiger partial charge is 0.493 e. The van der Waals surface area contributed by atoms with Gasteiger partial charge in [-0.25, -0.2) is 0 Å². The van der Waals surface area contributed by atoms with E-state index >= 15 is 0 Å². The number of halogens is 1. The molecule has 0 atom stereocenters. The third kappa shape index (κ3) is 4.81. The summed E-state index contributed by atoms with van der Waals surface area (Å²) in [6, 6.07) is 12.6. The lowest BCUT2D eigenvalue weighted by atomic mass is 10.1. The summed E-state index contributed by atoms with van der Waals surface area (Å²) in [5.41, 5.74) is 1.56. The number of nitrogens with one attached hydrogen (secondary N) is 1. The second kappa shape index (κ2) is 9.44. The van der Waals surface area contributed by atoms with Crippen molar-refractivity contribution in [2.45, 2.75) is 12.8 Å². The van der Waals surface area contributed by atoms with Crippen LogP contribution in [-0.2, 0) is 0 Å². The predicted octanol–water partition coefficient (Wildman–Crippen LogP) is 4.18. The first-order chi connectivity index (χ1) is 14.2. The zero-order valence-corrected chi connectivity index (χ0v) is 17.1. The lowest BCUT2D eigenvalue weighted by Crippen LogP contribution is -2.43. The summed E-state index contributed by atoms with van der Waals surface area (Å²) in [4.78, 5) is 15.4. The van der Waals surface area contributed by atoms with Crippen LogP contribution in [0.4, 0.5) is 0 Å². The molecule has 1 saturated heterocycles. The van der Waals surface area contributed by atoms with E-state index in [4.69, 9.17) is 20.8 Å². The van der Waals surface area contributed by atoms with Crippen molar-refractivity contribution >= 4 is 22.6 Å². The van der Waals surface area contributed by atoms with Crippen molar-refractivity contribution in [3.63, 3.8) is 0 Å². The number of benzene rings is 2. The minimum Gasteiger partial charge on any atom is -0.493 e. The number of piperazine rings is 1. The van der Waals surface area contributed by atoms with Crippen LogP contribution in [-0.4, -0.2) is 44.2 Å². The fraction of sp³-hybridized carbons (Fsp3) is 0.348. The van der Waals surface area contributed by atoms with Gasteiger partial charge >= 0.3 is 0 Å². The Kier molecular flexibility index (Phi) is 6.49. The van der Waals surface area contributed by atoms with Gasteiger partial charge in [-0.3, -0.25) is 4.79 Å². The van der Waals surface area contributed by atoms with Gasteiger partial charge in [0.1, 0.15) is 17.6 Å². The molecule has 0 radical (unpaired) electrons. The zero-order chi connectivity index (χ0) is 20.1. The summed E-state index contributed by atoms with van der Waals surface area (Å²) in [6.45, 7) is 6.18. The fourth-order valence-electron chi connectivity index (χ4n) is 3.63. The molecule has 1 aliphatic heterocycles. The average molecular weight is 413 g/mol. The van der Waals surface area contributed by atoms with Crippen molar-refractivity contribution < 1.29 is 9.15 Å². The minimum absolute atomic E-state index is 0.0954. The molecule has 1 N–H and O–H groups in total. The highest BCUT2D eigenvalue weighted by Crippen LogP contribution is 2.27. The molecular weight excluding hydrogens is 388 g/mol. The second-order valence-electron chi connectivity index (χ2n) is 7.26. The highest BCUT2D eigenvalue weighted by molar-refractivity contribution is 6.33. The number of hydrogen-bond donors (Lipinski definition) is 1. The molecule has 6 heteroatoms. The van der Waals surface area contributed by atoms with Gasteiger partial charge in [0.15, 0.2) is 0 Å². The maximum Gasteiger partial charge on any atom is 0.200 e. The Bertz CT molecular complexity index is 1030. The van der Waals surface area contributed by atoms with Crippen LogP contribution in [0.3, 0.4) is 0 Å². The first kappa shape index (κ1) is 20.0. The first-order valence-corrected chi connectivity index (χ1v) is 10.5. The van der Waals surface area contributed by atoms with Crippen LogP contribution in [0.25, 0.3) is 22.1 Å². The predicted molar refractivity (Wildman–Crippen MR) is 117 cm³/mol. The first-order valence-electron chi connectivity index (χ1n) is 10.1. The average Bonchev–Trinajstić information content (AvgIpc) is 2.75. The highest BCUT2D eigenvalue weighted by atomic mass is 35.5. The quantitative estimate of drug-likeness (QED) is 0.590. The third-order valence-electron chi connectivity index (χ3n) is 5.26. The molecule has 2 heterocycles. The Hall–Kier alpha value is -2.34. The van der Waals surface area contributed by atoms with E-state index in [-0.39, 0.29) is 5.43 Å². The van der Waals surface area contributed by atoms with E-state index in [1.54, 1.807) is 18.2 Å². The Morgan fingerprint density at radius 1 is 1.07 bits per heavy atom. The Morgan fingerprint density at radius 2 is 1.90 bits per heavy atom. The van der Waals surface area contributed by atoms with Crippen LogP contribution in [0.1, 0.15) is 12.8 Å². The van der Waals surface area contributed by atoms with E-state index in [2.05, 4.69) is 10.2 Å². The third-order valence-corrected chi connectivity index (χ3v) is 5.59. The van der Waals surface area contributed by atoms with E-state index in [0.29, 0.717) is 39.5 Å². The van der Waals surface area contributed by atoms with Crippen LogP contribution < -0.4 is 15.5 Å². The topological polar surface area (TPSA) is 54.7 Å². The normalized spacial score (nSPS) is 14.9. The van der Waals surface area contributed by atoms with Crippen LogP contribution in [0, 0.1) is 0 Å². The molecule has 1 fully saturated rings. The molecule has 0 amide bonds. The second-order valence-corrected chi connectivity index (χ2v) is 7.67. The van der Waals surface area contributed by atoms with Gasteiger partial charge in [-0.15, -0.1) is 0 Å². The molecule has 0 spiro atoms. The number of nitrogens with zero attached hydrogens (tertiary/aromatic N) is 1. The SMILES string of the molecule is O=c1c(-c2ccccc2Cl)coc2cc(OCCCCN3CCNCC3)ccc12. The van der Waals surface area contributed by atoms with Crippen LogP contribution >= 0.6 is 11.6 Å². The van der Waals surface area contributed by atoms with Gasteiger partial charge in [0.25, 0.3) is 0 Å². The van der Waals surface area contributed by atoms with Crippen molar-refractivity contribution in [2.24, 2.45) is 0 Å². The van der Waals surface area contributed by atoms with Crippen molar-refractivity contribution in [1.82, 2.24) is 10.2 Å². The molecule has 2 aromatic carbocycles. The number of ether oxygens (including phenoxy) is 1.